The Kier molecular flexibility index (Phi) is 5.87. The third-order valence-electron chi connectivity index (χ3n) is 2.88. The van der Waals surface area contributed by atoms with E-state index in [1.807, 2.05) is 0 Å². The number of esters is 3. The van der Waals surface area contributed by atoms with Gasteiger partial charge < -0.3 is 34.5 Å². The van der Waals surface area contributed by atoms with Gasteiger partial charge in [-0.15, -0.1) is 0 Å². The molecule has 1 unspecified atom stereocenters. The van der Waals surface area contributed by atoms with Gasteiger partial charge in [0, 0.05) is 24.8 Å². The first-order valence-electron chi connectivity index (χ1n) is 8.71. The zero-order valence-electron chi connectivity index (χ0n) is 15.8. The molecule has 0 radical (unpaired) electrons. The summed E-state index contributed by atoms with van der Waals surface area (Å²) in [5.41, 5.74) is 5.78. The summed E-state index contributed by atoms with van der Waals surface area (Å²) in [6.07, 6.45) is -6.47. The lowest BCUT2D eigenvalue weighted by Gasteiger charge is -2.43. The van der Waals surface area contributed by atoms with Crippen LogP contribution in [0.1, 0.15) is 24.8 Å². The van der Waals surface area contributed by atoms with Gasteiger partial charge in [-0.05, 0) is 0 Å². The Bertz CT molecular complexity index is 618. The predicted octanol–water partition coefficient (Wildman–Crippen LogP) is -1.43. The molecule has 13 heteroatoms. The summed E-state index contributed by atoms with van der Waals surface area (Å²) in [5.74, 6) is -3.18. The highest BCUT2D eigenvalue weighted by Crippen LogP contribution is 2.41. The molecular weight excluding hydrogens is 365 g/mol. The molecule has 0 saturated carbocycles. The van der Waals surface area contributed by atoms with Crippen molar-refractivity contribution in [2.45, 2.75) is 51.3 Å². The molecule has 144 valence electrons. The summed E-state index contributed by atoms with van der Waals surface area (Å²) in [6.45, 7) is -3.09. The van der Waals surface area contributed by atoms with Crippen LogP contribution in [0.2, 0.25) is 0 Å². The van der Waals surface area contributed by atoms with E-state index in [4.69, 9.17) is 38.6 Å². The van der Waals surface area contributed by atoms with Gasteiger partial charge in [0.2, 0.25) is 0 Å². The lowest BCUT2D eigenvalue weighted by molar-refractivity contribution is -0.255. The number of carbonyl (C=O) groups is 3. The van der Waals surface area contributed by atoms with Gasteiger partial charge in [0.25, 0.3) is 0 Å². The monoisotopic (exact) mass is 388 g/mol. The van der Waals surface area contributed by atoms with Crippen molar-refractivity contribution in [3.63, 3.8) is 0 Å². The zero-order chi connectivity index (χ0) is 21.5. The minimum Gasteiger partial charge on any atom is -0.463 e. The van der Waals surface area contributed by atoms with E-state index >= 15 is 0 Å². The maximum Gasteiger partial charge on any atom is 0.471 e. The van der Waals surface area contributed by atoms with Crippen molar-refractivity contribution in [3.05, 3.63) is 0 Å². The van der Waals surface area contributed by atoms with Crippen LogP contribution in [0.5, 0.6) is 0 Å². The van der Waals surface area contributed by atoms with Crippen molar-refractivity contribution in [3.8, 4) is 0 Å². The summed E-state index contributed by atoms with van der Waals surface area (Å²) >= 11 is 0. The molecule has 5 atom stereocenters. The average molecular weight is 388 g/mol. The molecular formula is C12H20NO11P. The third-order valence-corrected chi connectivity index (χ3v) is 3.36. The Morgan fingerprint density at radius 3 is 2.20 bits per heavy atom. The number of ether oxygens (including phenoxy) is 4. The van der Waals surface area contributed by atoms with Crippen LogP contribution in [0.3, 0.4) is 0 Å². The van der Waals surface area contributed by atoms with E-state index < -0.39 is 83.7 Å². The Labute approximate surface area is 146 Å². The van der Waals surface area contributed by atoms with Gasteiger partial charge in [-0.3, -0.25) is 18.9 Å². The fourth-order valence-corrected chi connectivity index (χ4v) is 2.52. The van der Waals surface area contributed by atoms with E-state index in [9.17, 15) is 18.9 Å². The Morgan fingerprint density at radius 1 is 1.12 bits per heavy atom. The molecule has 0 aromatic heterocycles. The standard InChI is InChI=1S/C12H20NO11P/c1-5(14)20-4-8-10(21-6(2)15)11(22-7(3)16)9(13)12(23-8)24-25(17,18)19/h8-12H,4,13H2,1-3H3,(H2,17,18,19)/t8-,9-,10+,11-,12?/m1/s1/i1D,2D,3D. The van der Waals surface area contributed by atoms with Crippen LogP contribution in [0.15, 0.2) is 0 Å². The lowest BCUT2D eigenvalue weighted by Crippen LogP contribution is -2.64. The number of hydrogen-bond donors (Lipinski definition) is 3. The number of nitrogens with two attached hydrogens (primary N) is 1. The number of carbonyl (C=O) groups excluding carboxylic acids is 3. The van der Waals surface area contributed by atoms with E-state index in [1.54, 1.807) is 0 Å². The van der Waals surface area contributed by atoms with Gasteiger partial charge in [-0.25, -0.2) is 4.57 Å². The first-order chi connectivity index (χ1) is 13.0. The fourth-order valence-electron chi connectivity index (χ4n) is 2.06. The third kappa shape index (κ3) is 7.06. The van der Waals surface area contributed by atoms with E-state index in [0.29, 0.717) is 0 Å². The zero-order valence-corrected chi connectivity index (χ0v) is 13.7. The molecule has 1 aliphatic rings. The van der Waals surface area contributed by atoms with E-state index in [0.717, 1.165) is 0 Å². The fraction of sp³-hybridized carbons (Fsp3) is 0.750. The van der Waals surface area contributed by atoms with Crippen molar-refractivity contribution in [1.82, 2.24) is 0 Å². The van der Waals surface area contributed by atoms with Gasteiger partial charge in [0.05, 0.1) is 6.04 Å². The summed E-state index contributed by atoms with van der Waals surface area (Å²) in [6, 6.07) is -1.57. The molecule has 0 aliphatic carbocycles. The Hall–Kier alpha value is -1.56. The number of hydrogen-bond acceptors (Lipinski definition) is 10. The molecule has 1 aliphatic heterocycles. The SMILES string of the molecule is [2H]CC(=O)OC[C@H]1OC(OP(=O)(O)O)[C@H](N)[C@@H](OC(=O)C[2H])[C@H]1OC(=O)C[2H]. The first kappa shape index (κ1) is 16.9. The Morgan fingerprint density at radius 2 is 1.68 bits per heavy atom. The van der Waals surface area contributed by atoms with E-state index in [2.05, 4.69) is 4.52 Å². The molecule has 0 amide bonds. The van der Waals surface area contributed by atoms with Crippen LogP contribution in [-0.4, -0.2) is 64.9 Å². The highest BCUT2D eigenvalue weighted by atomic mass is 31.2. The minimum absolute atomic E-state index is 0.670. The quantitative estimate of drug-likeness (QED) is 0.275. The number of rotatable bonds is 6. The number of phosphoric acid groups is 1. The van der Waals surface area contributed by atoms with Crippen molar-refractivity contribution in [2.75, 3.05) is 6.61 Å². The molecule has 12 nitrogen and oxygen atoms in total. The lowest BCUT2D eigenvalue weighted by atomic mass is 9.97. The first-order valence-corrected chi connectivity index (χ1v) is 8.12. The molecule has 1 fully saturated rings. The van der Waals surface area contributed by atoms with Crippen LogP contribution in [0, 0.1) is 0 Å². The maximum absolute atomic E-state index is 11.6. The van der Waals surface area contributed by atoms with E-state index in [-0.39, 0.29) is 0 Å². The van der Waals surface area contributed by atoms with Crippen LogP contribution < -0.4 is 5.73 Å². The van der Waals surface area contributed by atoms with Crippen molar-refractivity contribution in [1.29, 1.82) is 0 Å². The minimum atomic E-state index is -5.12. The second-order valence-corrected chi connectivity index (χ2v) is 6.00. The van der Waals surface area contributed by atoms with Gasteiger partial charge in [-0.2, -0.15) is 0 Å². The van der Waals surface area contributed by atoms with Gasteiger partial charge in [0.1, 0.15) is 12.7 Å². The molecule has 4 N–H and O–H groups in total. The average Bonchev–Trinajstić information content (AvgIpc) is 2.63. The van der Waals surface area contributed by atoms with Crippen molar-refractivity contribution in [2.24, 2.45) is 5.73 Å². The molecule has 1 heterocycles. The predicted molar refractivity (Wildman–Crippen MR) is 77.5 cm³/mol. The molecule has 0 aromatic rings. The Balaban J connectivity index is 3.18. The molecule has 1 saturated heterocycles. The van der Waals surface area contributed by atoms with Crippen LogP contribution in [0.4, 0.5) is 0 Å². The van der Waals surface area contributed by atoms with Crippen molar-refractivity contribution < 1.29 is 56.3 Å². The van der Waals surface area contributed by atoms with Gasteiger partial charge >= 0.3 is 25.7 Å². The van der Waals surface area contributed by atoms with Crippen molar-refractivity contribution >= 4 is 25.7 Å². The molecule has 25 heavy (non-hydrogen) atoms. The number of phosphoric ester groups is 1. The summed E-state index contributed by atoms with van der Waals surface area (Å²) in [7, 11) is -5.12. The summed E-state index contributed by atoms with van der Waals surface area (Å²) in [4.78, 5) is 52.3. The summed E-state index contributed by atoms with van der Waals surface area (Å²) < 4.78 is 56.3. The van der Waals surface area contributed by atoms with Crippen LogP contribution in [-0.2, 0) is 42.4 Å². The highest BCUT2D eigenvalue weighted by molar-refractivity contribution is 7.46. The molecule has 0 spiro atoms. The molecule has 0 bridgehead atoms. The second kappa shape index (κ2) is 8.70. The second-order valence-electron chi connectivity index (χ2n) is 4.81. The normalized spacial score (nSPS) is 31.2. The van der Waals surface area contributed by atoms with Crippen LogP contribution in [0.25, 0.3) is 0 Å². The largest absolute Gasteiger partial charge is 0.471 e. The van der Waals surface area contributed by atoms with Gasteiger partial charge in [-0.1, -0.05) is 0 Å². The maximum atomic E-state index is 11.6. The van der Waals surface area contributed by atoms with Crippen LogP contribution >= 0.6 is 7.82 Å². The topological polar surface area (TPSA) is 181 Å². The summed E-state index contributed by atoms with van der Waals surface area (Å²) in [5, 5.41) is 0. The smallest absolute Gasteiger partial charge is 0.463 e. The molecule has 1 rings (SSSR count). The van der Waals surface area contributed by atoms with E-state index in [1.165, 1.54) is 0 Å². The highest BCUT2D eigenvalue weighted by Gasteiger charge is 2.50. The molecule has 0 aromatic carbocycles. The van der Waals surface area contributed by atoms with Gasteiger partial charge in [0.15, 0.2) is 18.5 Å².